The minimum absolute atomic E-state index is 0.00780. The number of rotatable bonds is 10. The molecule has 2 aromatic carbocycles. The van der Waals surface area contributed by atoms with E-state index in [1.807, 2.05) is 54.8 Å². The minimum Gasteiger partial charge on any atom is -0.497 e. The summed E-state index contributed by atoms with van der Waals surface area (Å²) in [5.74, 6) is 3.20. The Hall–Kier alpha value is -4.93. The Morgan fingerprint density at radius 1 is 0.627 bits per heavy atom. The lowest BCUT2D eigenvalue weighted by molar-refractivity contribution is -0.185. The molecular formula is C59H78N6O10. The van der Waals surface area contributed by atoms with Crippen molar-refractivity contribution >= 4 is 30.0 Å². The lowest BCUT2D eigenvalue weighted by atomic mass is 9.46. The predicted octanol–water partition coefficient (Wildman–Crippen LogP) is 6.83. The third-order valence-electron chi connectivity index (χ3n) is 20.8. The maximum atomic E-state index is 14.4. The zero-order valence-electron chi connectivity index (χ0n) is 44.8. The van der Waals surface area contributed by atoms with Crippen LogP contribution >= 0.6 is 0 Å². The van der Waals surface area contributed by atoms with Gasteiger partial charge in [-0.2, -0.15) is 0 Å². The number of nitrogens with one attached hydrogen (secondary N) is 1. The van der Waals surface area contributed by atoms with E-state index in [1.165, 1.54) is 10.5 Å². The van der Waals surface area contributed by atoms with Gasteiger partial charge < -0.3 is 44.4 Å². The van der Waals surface area contributed by atoms with E-state index in [0.717, 1.165) is 93.2 Å². The number of hydrogen-bond acceptors (Lipinski definition) is 11. The largest absolute Gasteiger partial charge is 0.497 e. The third-order valence-corrected chi connectivity index (χ3v) is 20.8. The van der Waals surface area contributed by atoms with Crippen LogP contribution in [-0.2, 0) is 38.0 Å². The van der Waals surface area contributed by atoms with Crippen LogP contribution in [0.4, 0.5) is 14.4 Å². The highest BCUT2D eigenvalue weighted by molar-refractivity contribution is 6.08. The van der Waals surface area contributed by atoms with E-state index in [2.05, 4.69) is 17.4 Å². The SMILES string of the molecule is COc1ccc2c(c1)[C@]13CCN(C(=O)OC(C)(C)C)[C@H](C2)[C@]1(O)CC[C@]1(C3)C(=O)N(CC2CC2)C(=O)N1CC1CC1.COc1ccc2c(c1)[C@]13CCN[C@H](C2)[C@]1(O)CC[C@]1(C3)C(=O)N(CC2CC2)C(=O)N1CC1CC1. The second-order valence-electron chi connectivity index (χ2n) is 26.5. The number of likely N-dealkylation sites (tertiary alicyclic amines) is 1. The molecular weight excluding hydrogens is 953 g/mol. The smallest absolute Gasteiger partial charge is 0.410 e. The van der Waals surface area contributed by atoms with Crippen LogP contribution in [0.15, 0.2) is 36.4 Å². The predicted molar refractivity (Wildman–Crippen MR) is 276 cm³/mol. The van der Waals surface area contributed by atoms with Crippen LogP contribution in [0, 0.1) is 23.7 Å². The highest BCUT2D eigenvalue weighted by Gasteiger charge is 2.74. The topological polar surface area (TPSA) is 182 Å². The number of methoxy groups -OCH3 is 2. The number of fused-ring (bicyclic) bond motifs is 2. The van der Waals surface area contributed by atoms with Crippen LogP contribution in [0.25, 0.3) is 0 Å². The molecule has 0 aromatic heterocycles. The molecule has 4 bridgehead atoms. The Kier molecular flexibility index (Phi) is 11.3. The number of carbonyl (C=O) groups is 5. The normalized spacial score (nSPS) is 36.5. The van der Waals surface area contributed by atoms with Gasteiger partial charge in [0.15, 0.2) is 0 Å². The highest BCUT2D eigenvalue weighted by atomic mass is 16.6. The fraction of sp³-hybridized carbons (Fsp3) is 0.712. The summed E-state index contributed by atoms with van der Waals surface area (Å²) in [4.78, 5) is 78.4. The molecule has 2 aromatic rings. The molecule has 7 amide bonds. The summed E-state index contributed by atoms with van der Waals surface area (Å²) in [6.45, 7) is 9.10. The Balaban J connectivity index is 0.000000147. The van der Waals surface area contributed by atoms with Gasteiger partial charge in [-0.25, -0.2) is 14.4 Å². The van der Waals surface area contributed by atoms with Crippen molar-refractivity contribution in [3.63, 3.8) is 0 Å². The van der Waals surface area contributed by atoms with Gasteiger partial charge in [0.2, 0.25) is 0 Å². The third kappa shape index (κ3) is 7.53. The number of imide groups is 2. The molecule has 4 aliphatic heterocycles. The van der Waals surface area contributed by atoms with E-state index < -0.39 is 50.8 Å². The first-order valence-corrected chi connectivity index (χ1v) is 28.6. The van der Waals surface area contributed by atoms with Crippen LogP contribution in [0.2, 0.25) is 0 Å². The molecule has 16 heteroatoms. The molecule has 12 aliphatic rings. The van der Waals surface area contributed by atoms with Gasteiger partial charge in [-0.05, 0) is 213 Å². The Bertz CT molecular complexity index is 2730. The van der Waals surface area contributed by atoms with Crippen molar-refractivity contribution in [2.24, 2.45) is 23.7 Å². The number of ether oxygens (including phenoxy) is 3. The molecule has 4 heterocycles. The van der Waals surface area contributed by atoms with Crippen molar-refractivity contribution in [2.45, 2.75) is 187 Å². The first-order chi connectivity index (χ1) is 35.8. The monoisotopic (exact) mass is 1030 g/mol. The molecule has 14 rings (SSSR count). The van der Waals surface area contributed by atoms with Gasteiger partial charge in [0.25, 0.3) is 11.8 Å². The van der Waals surface area contributed by atoms with E-state index in [-0.39, 0.29) is 29.9 Å². The van der Waals surface area contributed by atoms with E-state index in [0.29, 0.717) is 114 Å². The van der Waals surface area contributed by atoms with Gasteiger partial charge in [0.1, 0.15) is 28.2 Å². The van der Waals surface area contributed by atoms with Crippen molar-refractivity contribution < 1.29 is 48.4 Å². The standard InChI is InChI=1S/C32H43N3O6.C27H35N3O4/c1-29(2,3)41-28(38)33-14-13-30-19-31(26(36)34(17-20-5-6-20)27(37)35(31)18-21-7-8-21)11-12-32(30,39)25(33)15-22-9-10-23(40-4)16-24(22)30;1-34-20-7-6-19-12-22-27(33)9-8-26(16-25(27,10-11-28-22)21(19)13-20)23(31)29(14-17-2-3-17)24(32)30(26)15-18-4-5-18/h9-10,16,20-21,25,39H,5-8,11-15,17-19H2,1-4H3;6-7,13,17-18,22,28,33H,2-5,8-12,14-16H2,1H3/t25-,30-,31+,32-;22-,25-,26+,27-/m11/s1. The first-order valence-electron chi connectivity index (χ1n) is 28.6. The van der Waals surface area contributed by atoms with Gasteiger partial charge in [-0.15, -0.1) is 0 Å². The molecule has 0 unspecified atom stereocenters. The Morgan fingerprint density at radius 2 is 1.09 bits per heavy atom. The molecule has 2 spiro atoms. The van der Waals surface area contributed by atoms with Gasteiger partial charge >= 0.3 is 18.2 Å². The second kappa shape index (κ2) is 17.0. The number of nitrogens with zero attached hydrogens (tertiary/aromatic N) is 5. The van der Waals surface area contributed by atoms with Crippen molar-refractivity contribution in [3.8, 4) is 11.5 Å². The van der Waals surface area contributed by atoms with Gasteiger partial charge in [0.05, 0.1) is 31.5 Å². The van der Waals surface area contributed by atoms with Crippen LogP contribution < -0.4 is 14.8 Å². The molecule has 3 N–H and O–H groups in total. The van der Waals surface area contributed by atoms with Crippen LogP contribution in [0.5, 0.6) is 11.5 Å². The lowest BCUT2D eigenvalue weighted by Crippen LogP contribution is -2.77. The quantitative estimate of drug-likeness (QED) is 0.213. The molecule has 0 radical (unpaired) electrons. The molecule has 404 valence electrons. The van der Waals surface area contributed by atoms with E-state index in [1.54, 1.807) is 24.0 Å². The van der Waals surface area contributed by atoms with Gasteiger partial charge in [-0.1, -0.05) is 12.1 Å². The summed E-state index contributed by atoms with van der Waals surface area (Å²) in [7, 11) is 3.31. The molecule has 8 aliphatic carbocycles. The van der Waals surface area contributed by atoms with Crippen LogP contribution in [-0.4, -0.2) is 158 Å². The fourth-order valence-electron chi connectivity index (χ4n) is 16.2. The molecule has 75 heavy (non-hydrogen) atoms. The zero-order chi connectivity index (χ0) is 52.2. The molecule has 8 atom stereocenters. The summed E-state index contributed by atoms with van der Waals surface area (Å²) in [5, 5.41) is 28.8. The molecule has 4 saturated heterocycles. The average molecular weight is 1030 g/mol. The van der Waals surface area contributed by atoms with E-state index in [9.17, 15) is 34.2 Å². The van der Waals surface area contributed by atoms with Gasteiger partial charge in [0, 0.05) is 49.6 Å². The Morgan fingerprint density at radius 3 is 1.57 bits per heavy atom. The second-order valence-corrected chi connectivity index (χ2v) is 26.5. The first kappa shape index (κ1) is 49.6. The number of carbonyl (C=O) groups excluding carboxylic acids is 5. The van der Waals surface area contributed by atoms with Crippen molar-refractivity contribution in [1.29, 1.82) is 0 Å². The molecule has 6 saturated carbocycles. The Labute approximate surface area is 441 Å². The fourth-order valence-corrected chi connectivity index (χ4v) is 16.2. The number of amides is 7. The summed E-state index contributed by atoms with van der Waals surface area (Å²) in [6.07, 6.45) is 13.5. The van der Waals surface area contributed by atoms with Crippen molar-refractivity contribution in [3.05, 3.63) is 58.7 Å². The zero-order valence-corrected chi connectivity index (χ0v) is 44.8. The number of urea groups is 2. The molecule has 10 fully saturated rings. The van der Waals surface area contributed by atoms with Crippen molar-refractivity contribution in [2.75, 3.05) is 53.5 Å². The molecule has 16 nitrogen and oxygen atoms in total. The highest BCUT2D eigenvalue weighted by Crippen LogP contribution is 2.64. The van der Waals surface area contributed by atoms with Crippen LogP contribution in [0.1, 0.15) is 146 Å². The number of piperidine rings is 2. The summed E-state index contributed by atoms with van der Waals surface area (Å²) >= 11 is 0. The number of aliphatic hydroxyl groups is 2. The van der Waals surface area contributed by atoms with Crippen LogP contribution in [0.3, 0.4) is 0 Å². The summed E-state index contributed by atoms with van der Waals surface area (Å²) in [6, 6.07) is 11.4. The summed E-state index contributed by atoms with van der Waals surface area (Å²) in [5.41, 5.74) is -1.71. The number of hydrogen-bond donors (Lipinski definition) is 3. The van der Waals surface area contributed by atoms with Gasteiger partial charge in [-0.3, -0.25) is 19.4 Å². The van der Waals surface area contributed by atoms with E-state index in [4.69, 9.17) is 14.2 Å². The van der Waals surface area contributed by atoms with E-state index >= 15 is 0 Å². The maximum Gasteiger partial charge on any atom is 0.410 e. The maximum absolute atomic E-state index is 14.4. The summed E-state index contributed by atoms with van der Waals surface area (Å²) < 4.78 is 17.0. The number of benzene rings is 2. The van der Waals surface area contributed by atoms with Crippen molar-refractivity contribution in [1.82, 2.24) is 29.8 Å². The minimum atomic E-state index is -1.27. The lowest BCUT2D eigenvalue weighted by Gasteiger charge is -2.66. The average Bonchev–Trinajstić information content (AvgIpc) is 4.16.